The lowest BCUT2D eigenvalue weighted by Gasteiger charge is -2.11. The molecule has 0 radical (unpaired) electrons. The molecule has 0 aliphatic heterocycles. The molecule has 104 valence electrons. The molecule has 0 aliphatic rings. The molecule has 21 heavy (non-hydrogen) atoms. The van der Waals surface area contributed by atoms with Gasteiger partial charge in [-0.1, -0.05) is 48.0 Å². The van der Waals surface area contributed by atoms with Crippen LogP contribution in [-0.2, 0) is 0 Å². The van der Waals surface area contributed by atoms with Crippen molar-refractivity contribution < 1.29 is 0 Å². The fourth-order valence-electron chi connectivity index (χ4n) is 2.41. The van der Waals surface area contributed by atoms with Gasteiger partial charge in [-0.15, -0.1) is 0 Å². The highest BCUT2D eigenvalue weighted by atomic mass is 16.1. The molecule has 2 N–H and O–H groups in total. The van der Waals surface area contributed by atoms with Crippen LogP contribution < -0.4 is 11.3 Å². The average Bonchev–Trinajstić information content (AvgIpc) is 2.51. The van der Waals surface area contributed by atoms with E-state index in [1.807, 2.05) is 67.6 Å². The second-order valence-corrected chi connectivity index (χ2v) is 5.02. The van der Waals surface area contributed by atoms with Crippen LogP contribution in [0.15, 0.2) is 71.7 Å². The SMILES string of the molecule is Cc1cccc(-c2ccn(-c3ccccc3)c(=O)c2N)c1. The molecule has 0 saturated carbocycles. The van der Waals surface area contributed by atoms with Crippen molar-refractivity contribution in [2.24, 2.45) is 0 Å². The Bertz CT molecular complexity index is 835. The largest absolute Gasteiger partial charge is 0.394 e. The summed E-state index contributed by atoms with van der Waals surface area (Å²) in [7, 11) is 0. The van der Waals surface area contributed by atoms with Crippen LogP contribution in [0.2, 0.25) is 0 Å². The summed E-state index contributed by atoms with van der Waals surface area (Å²) in [5.74, 6) is 0. The predicted molar refractivity (Wildman–Crippen MR) is 86.6 cm³/mol. The van der Waals surface area contributed by atoms with Crippen molar-refractivity contribution in [1.82, 2.24) is 4.57 Å². The van der Waals surface area contributed by atoms with Crippen LogP contribution in [0.5, 0.6) is 0 Å². The van der Waals surface area contributed by atoms with Crippen molar-refractivity contribution in [2.45, 2.75) is 6.92 Å². The number of benzene rings is 2. The molecule has 3 heteroatoms. The van der Waals surface area contributed by atoms with Gasteiger partial charge in [-0.3, -0.25) is 9.36 Å². The van der Waals surface area contributed by atoms with Gasteiger partial charge in [0, 0.05) is 17.4 Å². The number of hydrogen-bond acceptors (Lipinski definition) is 2. The monoisotopic (exact) mass is 276 g/mol. The van der Waals surface area contributed by atoms with Crippen molar-refractivity contribution in [1.29, 1.82) is 0 Å². The van der Waals surface area contributed by atoms with Gasteiger partial charge in [-0.25, -0.2) is 0 Å². The molecule has 0 amide bonds. The standard InChI is InChI=1S/C18H16N2O/c1-13-6-5-7-14(12-13)16-10-11-20(18(21)17(16)19)15-8-3-2-4-9-15/h2-12H,19H2,1H3. The first-order valence-corrected chi connectivity index (χ1v) is 6.80. The molecule has 3 rings (SSSR count). The molecule has 0 fully saturated rings. The van der Waals surface area contributed by atoms with Gasteiger partial charge in [0.15, 0.2) is 0 Å². The smallest absolute Gasteiger partial charge is 0.278 e. The van der Waals surface area contributed by atoms with Gasteiger partial charge in [0.05, 0.1) is 0 Å². The first-order valence-electron chi connectivity index (χ1n) is 6.80. The number of rotatable bonds is 2. The summed E-state index contributed by atoms with van der Waals surface area (Å²) in [6.07, 6.45) is 1.77. The zero-order valence-corrected chi connectivity index (χ0v) is 11.8. The third-order valence-corrected chi connectivity index (χ3v) is 3.49. The van der Waals surface area contributed by atoms with Crippen molar-refractivity contribution in [2.75, 3.05) is 5.73 Å². The predicted octanol–water partition coefficient (Wildman–Crippen LogP) is 3.40. The molecule has 2 aromatic carbocycles. The van der Waals surface area contributed by atoms with Crippen molar-refractivity contribution in [3.05, 3.63) is 82.8 Å². The van der Waals surface area contributed by atoms with Crippen LogP contribution in [0.4, 0.5) is 5.69 Å². The molecule has 3 aromatic rings. The summed E-state index contributed by atoms with van der Waals surface area (Å²) < 4.78 is 1.56. The maximum absolute atomic E-state index is 12.5. The van der Waals surface area contributed by atoms with Crippen molar-refractivity contribution in [3.8, 4) is 16.8 Å². The Morgan fingerprint density at radius 1 is 0.952 bits per heavy atom. The third kappa shape index (κ3) is 2.46. The van der Waals surface area contributed by atoms with E-state index in [-0.39, 0.29) is 11.2 Å². The topological polar surface area (TPSA) is 48.0 Å². The second-order valence-electron chi connectivity index (χ2n) is 5.02. The molecule has 0 aliphatic carbocycles. The van der Waals surface area contributed by atoms with E-state index in [2.05, 4.69) is 0 Å². The van der Waals surface area contributed by atoms with Crippen LogP contribution in [0, 0.1) is 6.92 Å². The van der Waals surface area contributed by atoms with Crippen LogP contribution in [0.3, 0.4) is 0 Å². The van der Waals surface area contributed by atoms with E-state index in [1.165, 1.54) is 0 Å². The van der Waals surface area contributed by atoms with Gasteiger partial charge in [-0.2, -0.15) is 0 Å². The number of pyridine rings is 1. The van der Waals surface area contributed by atoms with Gasteiger partial charge in [0.2, 0.25) is 0 Å². The molecule has 0 bridgehead atoms. The van der Waals surface area contributed by atoms with Gasteiger partial charge in [0.1, 0.15) is 5.69 Å². The van der Waals surface area contributed by atoms with Crippen LogP contribution >= 0.6 is 0 Å². The first-order chi connectivity index (χ1) is 10.2. The molecule has 0 atom stereocenters. The summed E-state index contributed by atoms with van der Waals surface area (Å²) in [5, 5.41) is 0. The Balaban J connectivity index is 2.16. The zero-order valence-electron chi connectivity index (χ0n) is 11.8. The lowest BCUT2D eigenvalue weighted by atomic mass is 10.0. The van der Waals surface area contributed by atoms with E-state index in [9.17, 15) is 4.79 Å². The number of aromatic nitrogens is 1. The molecule has 1 heterocycles. The molecule has 1 aromatic heterocycles. The van der Waals surface area contributed by atoms with E-state index in [0.29, 0.717) is 0 Å². The van der Waals surface area contributed by atoms with Crippen LogP contribution in [0.1, 0.15) is 5.56 Å². The highest BCUT2D eigenvalue weighted by Gasteiger charge is 2.09. The first kappa shape index (κ1) is 13.2. The summed E-state index contributed by atoms with van der Waals surface area (Å²) >= 11 is 0. The Morgan fingerprint density at radius 2 is 1.71 bits per heavy atom. The quantitative estimate of drug-likeness (QED) is 0.780. The number of nitrogen functional groups attached to an aromatic ring is 1. The molecular weight excluding hydrogens is 260 g/mol. The molecule has 3 nitrogen and oxygen atoms in total. The van der Waals surface area contributed by atoms with E-state index in [1.54, 1.807) is 10.8 Å². The van der Waals surface area contributed by atoms with E-state index < -0.39 is 0 Å². The Morgan fingerprint density at radius 3 is 2.43 bits per heavy atom. The van der Waals surface area contributed by atoms with Gasteiger partial charge in [0.25, 0.3) is 5.56 Å². The third-order valence-electron chi connectivity index (χ3n) is 3.49. The number of hydrogen-bond donors (Lipinski definition) is 1. The summed E-state index contributed by atoms with van der Waals surface area (Å²) in [6, 6.07) is 19.3. The van der Waals surface area contributed by atoms with Crippen LogP contribution in [-0.4, -0.2) is 4.57 Å². The Kier molecular flexibility index (Phi) is 3.32. The summed E-state index contributed by atoms with van der Waals surface area (Å²) in [4.78, 5) is 12.5. The molecular formula is C18H16N2O. The van der Waals surface area contributed by atoms with Gasteiger partial charge < -0.3 is 5.73 Å². The molecule has 0 saturated heterocycles. The lowest BCUT2D eigenvalue weighted by molar-refractivity contribution is 0.996. The van der Waals surface area contributed by atoms with Crippen molar-refractivity contribution in [3.63, 3.8) is 0 Å². The summed E-state index contributed by atoms with van der Waals surface area (Å²) in [6.45, 7) is 2.02. The average molecular weight is 276 g/mol. The minimum atomic E-state index is -0.194. The number of aryl methyl sites for hydroxylation is 1. The second kappa shape index (κ2) is 5.29. The minimum Gasteiger partial charge on any atom is -0.394 e. The zero-order chi connectivity index (χ0) is 14.8. The Hall–Kier alpha value is -2.81. The highest BCUT2D eigenvalue weighted by molar-refractivity contribution is 5.76. The number of anilines is 1. The van der Waals surface area contributed by atoms with E-state index in [0.717, 1.165) is 22.4 Å². The maximum Gasteiger partial charge on any atom is 0.278 e. The fourth-order valence-corrected chi connectivity index (χ4v) is 2.41. The fraction of sp³-hybridized carbons (Fsp3) is 0.0556. The minimum absolute atomic E-state index is 0.194. The van der Waals surface area contributed by atoms with Gasteiger partial charge >= 0.3 is 0 Å². The number of para-hydroxylation sites is 1. The number of nitrogens with zero attached hydrogens (tertiary/aromatic N) is 1. The van der Waals surface area contributed by atoms with Crippen LogP contribution in [0.25, 0.3) is 16.8 Å². The van der Waals surface area contributed by atoms with E-state index >= 15 is 0 Å². The highest BCUT2D eigenvalue weighted by Crippen LogP contribution is 2.24. The maximum atomic E-state index is 12.5. The number of nitrogens with two attached hydrogens (primary N) is 1. The molecule has 0 spiro atoms. The summed E-state index contributed by atoms with van der Waals surface area (Å²) in [5.41, 5.74) is 9.83. The van der Waals surface area contributed by atoms with E-state index in [4.69, 9.17) is 5.73 Å². The van der Waals surface area contributed by atoms with Gasteiger partial charge in [-0.05, 0) is 30.7 Å². The lowest BCUT2D eigenvalue weighted by Crippen LogP contribution is -2.21. The Labute approximate surface area is 123 Å². The molecule has 0 unspecified atom stereocenters. The normalized spacial score (nSPS) is 10.5. The van der Waals surface area contributed by atoms with Crippen molar-refractivity contribution >= 4 is 5.69 Å².